The molecule has 1 aliphatic rings. The molecule has 1 amide bonds. The molecule has 0 saturated heterocycles. The zero-order chi connectivity index (χ0) is 21.0. The van der Waals surface area contributed by atoms with Gasteiger partial charge in [-0.2, -0.15) is 0 Å². The molecule has 0 atom stereocenters. The molecule has 0 aliphatic heterocycles. The standard InChI is InChI=1S/C23H24N2O3S2/c26-23(22-21(14-16-29-22)30(27,28)25-19-11-12-19)24-15-13-20(17-7-3-1-4-8-17)18-9-5-2-6-10-18/h1-10,14,16,19-20,25H,11-13,15H2,(H,24,26). The van der Waals surface area contributed by atoms with E-state index in [1.165, 1.54) is 17.2 Å². The van der Waals surface area contributed by atoms with E-state index in [1.54, 1.807) is 5.38 Å². The Labute approximate surface area is 181 Å². The lowest BCUT2D eigenvalue weighted by molar-refractivity contribution is 0.0954. The van der Waals surface area contributed by atoms with Crippen LogP contribution in [0.4, 0.5) is 0 Å². The summed E-state index contributed by atoms with van der Waals surface area (Å²) in [4.78, 5) is 13.0. The summed E-state index contributed by atoms with van der Waals surface area (Å²) in [6, 6.07) is 21.9. The van der Waals surface area contributed by atoms with E-state index in [2.05, 4.69) is 34.3 Å². The summed E-state index contributed by atoms with van der Waals surface area (Å²) in [5, 5.41) is 4.56. The first-order chi connectivity index (χ1) is 14.5. The Balaban J connectivity index is 1.44. The van der Waals surface area contributed by atoms with Gasteiger partial charge in [0.15, 0.2) is 0 Å². The van der Waals surface area contributed by atoms with Crippen molar-refractivity contribution in [1.82, 2.24) is 10.0 Å². The first-order valence-electron chi connectivity index (χ1n) is 10.0. The molecule has 1 heterocycles. The minimum Gasteiger partial charge on any atom is -0.351 e. The van der Waals surface area contributed by atoms with Gasteiger partial charge in [-0.25, -0.2) is 13.1 Å². The number of thiophene rings is 1. The van der Waals surface area contributed by atoms with Gasteiger partial charge < -0.3 is 5.32 Å². The van der Waals surface area contributed by atoms with Crippen LogP contribution in [0.3, 0.4) is 0 Å². The van der Waals surface area contributed by atoms with Crippen LogP contribution < -0.4 is 10.0 Å². The second-order valence-corrected chi connectivity index (χ2v) is 10.0. The van der Waals surface area contributed by atoms with E-state index in [-0.39, 0.29) is 27.6 Å². The van der Waals surface area contributed by atoms with Gasteiger partial charge in [-0.3, -0.25) is 4.79 Å². The van der Waals surface area contributed by atoms with Crippen molar-refractivity contribution < 1.29 is 13.2 Å². The Hall–Kier alpha value is -2.48. The molecule has 156 valence electrons. The highest BCUT2D eigenvalue weighted by Crippen LogP contribution is 2.28. The van der Waals surface area contributed by atoms with Crippen molar-refractivity contribution in [3.8, 4) is 0 Å². The average molecular weight is 441 g/mol. The van der Waals surface area contributed by atoms with E-state index in [9.17, 15) is 13.2 Å². The van der Waals surface area contributed by atoms with Crippen LogP contribution in [-0.4, -0.2) is 26.9 Å². The normalized spacial score (nSPS) is 14.0. The van der Waals surface area contributed by atoms with Gasteiger partial charge in [-0.05, 0) is 41.8 Å². The summed E-state index contributed by atoms with van der Waals surface area (Å²) in [5.74, 6) is -0.197. The Morgan fingerprint density at radius 3 is 2.13 bits per heavy atom. The molecular formula is C23H24N2O3S2. The smallest absolute Gasteiger partial charge is 0.262 e. The molecule has 0 unspecified atom stereocenters. The molecule has 30 heavy (non-hydrogen) atoms. The highest BCUT2D eigenvalue weighted by Gasteiger charge is 2.31. The molecule has 0 spiro atoms. The largest absolute Gasteiger partial charge is 0.351 e. The summed E-state index contributed by atoms with van der Waals surface area (Å²) in [7, 11) is -3.66. The molecule has 1 saturated carbocycles. The zero-order valence-electron chi connectivity index (χ0n) is 16.5. The van der Waals surface area contributed by atoms with Gasteiger partial charge in [0.1, 0.15) is 9.77 Å². The highest BCUT2D eigenvalue weighted by atomic mass is 32.2. The summed E-state index contributed by atoms with van der Waals surface area (Å²) in [6.07, 6.45) is 2.42. The van der Waals surface area contributed by atoms with Crippen molar-refractivity contribution in [1.29, 1.82) is 0 Å². The first-order valence-corrected chi connectivity index (χ1v) is 12.4. The van der Waals surface area contributed by atoms with E-state index in [4.69, 9.17) is 0 Å². The molecule has 3 aromatic rings. The fourth-order valence-corrected chi connectivity index (χ4v) is 6.11. The van der Waals surface area contributed by atoms with Gasteiger partial charge in [-0.1, -0.05) is 60.7 Å². The number of carbonyl (C=O) groups excluding carboxylic acids is 1. The first kappa shape index (κ1) is 20.8. The molecule has 7 heteroatoms. The van der Waals surface area contributed by atoms with Crippen LogP contribution in [0.15, 0.2) is 77.0 Å². The molecule has 0 radical (unpaired) electrons. The number of rotatable bonds is 9. The number of benzene rings is 2. The molecular weight excluding hydrogens is 416 g/mol. The predicted molar refractivity (Wildman–Crippen MR) is 119 cm³/mol. The van der Waals surface area contributed by atoms with Gasteiger partial charge in [0.25, 0.3) is 5.91 Å². The van der Waals surface area contributed by atoms with Crippen LogP contribution in [0, 0.1) is 0 Å². The third-order valence-electron chi connectivity index (χ3n) is 5.15. The minimum atomic E-state index is -3.66. The van der Waals surface area contributed by atoms with Crippen LogP contribution in [0.1, 0.15) is 46.0 Å². The van der Waals surface area contributed by atoms with Gasteiger partial charge in [-0.15, -0.1) is 11.3 Å². The number of amides is 1. The van der Waals surface area contributed by atoms with Crippen molar-refractivity contribution in [2.75, 3.05) is 6.54 Å². The maximum atomic E-state index is 12.7. The van der Waals surface area contributed by atoms with Crippen molar-refractivity contribution in [2.24, 2.45) is 0 Å². The second-order valence-electron chi connectivity index (χ2n) is 7.43. The molecule has 5 nitrogen and oxygen atoms in total. The fourth-order valence-electron chi connectivity index (χ4n) is 3.47. The van der Waals surface area contributed by atoms with E-state index in [1.807, 2.05) is 36.4 Å². The van der Waals surface area contributed by atoms with Crippen molar-refractivity contribution in [3.63, 3.8) is 0 Å². The number of hydrogen-bond donors (Lipinski definition) is 2. The molecule has 1 aliphatic carbocycles. The Bertz CT molecular complexity index is 1050. The Morgan fingerprint density at radius 2 is 1.57 bits per heavy atom. The Morgan fingerprint density at radius 1 is 0.967 bits per heavy atom. The van der Waals surface area contributed by atoms with E-state index in [0.29, 0.717) is 13.0 Å². The number of hydrogen-bond acceptors (Lipinski definition) is 4. The highest BCUT2D eigenvalue weighted by molar-refractivity contribution is 7.89. The summed E-state index contributed by atoms with van der Waals surface area (Å²) in [6.45, 7) is 0.445. The van der Waals surface area contributed by atoms with E-state index < -0.39 is 10.0 Å². The Kier molecular flexibility index (Phi) is 6.32. The van der Waals surface area contributed by atoms with Crippen molar-refractivity contribution in [3.05, 3.63) is 88.1 Å². The monoisotopic (exact) mass is 440 g/mol. The lowest BCUT2D eigenvalue weighted by atomic mass is 9.88. The number of sulfonamides is 1. The molecule has 1 aromatic heterocycles. The topological polar surface area (TPSA) is 75.3 Å². The average Bonchev–Trinajstić information content (AvgIpc) is 3.40. The SMILES string of the molecule is O=C(NCCC(c1ccccc1)c1ccccc1)c1sccc1S(=O)(=O)NC1CC1. The van der Waals surface area contributed by atoms with Gasteiger partial charge in [0, 0.05) is 18.5 Å². The zero-order valence-corrected chi connectivity index (χ0v) is 18.1. The van der Waals surface area contributed by atoms with Crippen molar-refractivity contribution in [2.45, 2.75) is 36.1 Å². The molecule has 1 fully saturated rings. The van der Waals surface area contributed by atoms with Crippen molar-refractivity contribution >= 4 is 27.3 Å². The quantitative estimate of drug-likeness (QED) is 0.525. The maximum absolute atomic E-state index is 12.7. The van der Waals surface area contributed by atoms with Gasteiger partial charge in [0.2, 0.25) is 10.0 Å². The molecule has 4 rings (SSSR count). The lowest BCUT2D eigenvalue weighted by Crippen LogP contribution is -2.30. The maximum Gasteiger partial charge on any atom is 0.262 e. The van der Waals surface area contributed by atoms with Crippen LogP contribution in [0.25, 0.3) is 0 Å². The minimum absolute atomic E-state index is 0.00307. The van der Waals surface area contributed by atoms with Gasteiger partial charge >= 0.3 is 0 Å². The van der Waals surface area contributed by atoms with Crippen LogP contribution >= 0.6 is 11.3 Å². The van der Waals surface area contributed by atoms with E-state index >= 15 is 0 Å². The summed E-state index contributed by atoms with van der Waals surface area (Å²) in [5.41, 5.74) is 2.37. The molecule has 2 N–H and O–H groups in total. The number of carbonyl (C=O) groups is 1. The third kappa shape index (κ3) is 4.98. The second kappa shape index (κ2) is 9.12. The van der Waals surface area contributed by atoms with E-state index in [0.717, 1.165) is 24.2 Å². The third-order valence-corrected chi connectivity index (χ3v) is 7.75. The molecule has 0 bridgehead atoms. The molecule has 2 aromatic carbocycles. The van der Waals surface area contributed by atoms with Crippen LogP contribution in [-0.2, 0) is 10.0 Å². The predicted octanol–water partition coefficient (Wildman–Crippen LogP) is 4.14. The van der Waals surface area contributed by atoms with Crippen LogP contribution in [0.5, 0.6) is 0 Å². The lowest BCUT2D eigenvalue weighted by Gasteiger charge is -2.18. The van der Waals surface area contributed by atoms with Gasteiger partial charge in [0.05, 0.1) is 0 Å². The number of nitrogens with one attached hydrogen (secondary N) is 2. The van der Waals surface area contributed by atoms with Crippen LogP contribution in [0.2, 0.25) is 0 Å². The summed E-state index contributed by atoms with van der Waals surface area (Å²) >= 11 is 1.15. The summed E-state index contributed by atoms with van der Waals surface area (Å²) < 4.78 is 27.7. The fraction of sp³-hybridized carbons (Fsp3) is 0.261.